The fraction of sp³-hybridized carbons (Fsp3) is 0.588. The van der Waals surface area contributed by atoms with Gasteiger partial charge in [-0.15, -0.1) is 0 Å². The molecule has 4 rings (SSSR count). The molecule has 0 aromatic carbocycles. The summed E-state index contributed by atoms with van der Waals surface area (Å²) in [5, 5.41) is 4.09. The zero-order valence-electron chi connectivity index (χ0n) is 13.5. The first-order valence-corrected chi connectivity index (χ1v) is 8.34. The molecule has 0 N–H and O–H groups in total. The molecule has 2 aromatic heterocycles. The molecule has 2 fully saturated rings. The lowest BCUT2D eigenvalue weighted by atomic mass is 9.78. The number of pyridine rings is 1. The van der Waals surface area contributed by atoms with Crippen LogP contribution in [0.1, 0.15) is 37.1 Å². The summed E-state index contributed by atoms with van der Waals surface area (Å²) in [6, 6.07) is 3.94. The van der Waals surface area contributed by atoms with Crippen molar-refractivity contribution in [2.24, 2.45) is 0 Å². The SMILES string of the molecule is Cc1ccnc(-c2noc(CN3CCC34CCCOCC4)n2)c1. The van der Waals surface area contributed by atoms with E-state index in [1.54, 1.807) is 6.20 Å². The van der Waals surface area contributed by atoms with Gasteiger partial charge in [0.15, 0.2) is 0 Å². The summed E-state index contributed by atoms with van der Waals surface area (Å²) >= 11 is 0. The molecule has 0 bridgehead atoms. The van der Waals surface area contributed by atoms with Crippen LogP contribution < -0.4 is 0 Å². The van der Waals surface area contributed by atoms with Gasteiger partial charge in [0.2, 0.25) is 11.7 Å². The zero-order chi connectivity index (χ0) is 15.7. The van der Waals surface area contributed by atoms with Crippen LogP contribution >= 0.6 is 0 Å². The van der Waals surface area contributed by atoms with Crippen LogP contribution in [-0.2, 0) is 11.3 Å². The van der Waals surface area contributed by atoms with Crippen LogP contribution in [0.4, 0.5) is 0 Å². The van der Waals surface area contributed by atoms with Crippen molar-refractivity contribution in [1.82, 2.24) is 20.0 Å². The van der Waals surface area contributed by atoms with Crippen LogP contribution in [0.3, 0.4) is 0 Å². The van der Waals surface area contributed by atoms with E-state index in [9.17, 15) is 0 Å². The summed E-state index contributed by atoms with van der Waals surface area (Å²) in [5.41, 5.74) is 2.19. The Morgan fingerprint density at radius 2 is 2.22 bits per heavy atom. The molecule has 0 saturated carbocycles. The van der Waals surface area contributed by atoms with Gasteiger partial charge in [0.25, 0.3) is 0 Å². The Hall–Kier alpha value is -1.79. The molecular weight excluding hydrogens is 292 g/mol. The normalized spacial score (nSPS) is 25.3. The molecule has 2 saturated heterocycles. The summed E-state index contributed by atoms with van der Waals surface area (Å²) < 4.78 is 11.1. The molecular formula is C17H22N4O2. The van der Waals surface area contributed by atoms with Gasteiger partial charge in [-0.2, -0.15) is 4.98 Å². The minimum atomic E-state index is 0.284. The molecule has 4 heterocycles. The number of nitrogens with zero attached hydrogens (tertiary/aromatic N) is 4. The van der Waals surface area contributed by atoms with Crippen molar-refractivity contribution in [2.75, 3.05) is 19.8 Å². The lowest BCUT2D eigenvalue weighted by Crippen LogP contribution is -2.59. The zero-order valence-corrected chi connectivity index (χ0v) is 13.5. The van der Waals surface area contributed by atoms with Crippen molar-refractivity contribution < 1.29 is 9.26 Å². The third kappa shape index (κ3) is 2.88. The summed E-state index contributed by atoms with van der Waals surface area (Å²) in [5.74, 6) is 1.25. The third-order valence-electron chi connectivity index (χ3n) is 5.10. The van der Waals surface area contributed by atoms with Crippen molar-refractivity contribution in [3.8, 4) is 11.5 Å². The topological polar surface area (TPSA) is 64.3 Å². The second-order valence-electron chi connectivity index (χ2n) is 6.59. The van der Waals surface area contributed by atoms with Crippen LogP contribution in [0.15, 0.2) is 22.9 Å². The van der Waals surface area contributed by atoms with E-state index in [4.69, 9.17) is 9.26 Å². The maximum Gasteiger partial charge on any atom is 0.241 e. The van der Waals surface area contributed by atoms with E-state index in [1.807, 2.05) is 19.1 Å². The minimum absolute atomic E-state index is 0.284. The predicted octanol–water partition coefficient (Wildman–Crippen LogP) is 2.59. The van der Waals surface area contributed by atoms with E-state index >= 15 is 0 Å². The number of hydrogen-bond donors (Lipinski definition) is 0. The molecule has 6 heteroatoms. The second-order valence-corrected chi connectivity index (χ2v) is 6.59. The van der Waals surface area contributed by atoms with Crippen molar-refractivity contribution in [1.29, 1.82) is 0 Å². The van der Waals surface area contributed by atoms with Gasteiger partial charge in [-0.25, -0.2) is 0 Å². The van der Waals surface area contributed by atoms with E-state index in [2.05, 4.69) is 20.0 Å². The van der Waals surface area contributed by atoms with Gasteiger partial charge in [-0.3, -0.25) is 9.88 Å². The Bertz CT molecular complexity index is 677. The van der Waals surface area contributed by atoms with Gasteiger partial charge in [-0.1, -0.05) is 5.16 Å². The first-order valence-electron chi connectivity index (χ1n) is 8.34. The molecule has 2 aliphatic heterocycles. The minimum Gasteiger partial charge on any atom is -0.381 e. The number of rotatable bonds is 3. The van der Waals surface area contributed by atoms with E-state index in [0.29, 0.717) is 11.7 Å². The average molecular weight is 314 g/mol. The fourth-order valence-corrected chi connectivity index (χ4v) is 3.64. The lowest BCUT2D eigenvalue weighted by molar-refractivity contribution is -0.0427. The Kier molecular flexibility index (Phi) is 3.87. The highest BCUT2D eigenvalue weighted by molar-refractivity contribution is 5.48. The van der Waals surface area contributed by atoms with Crippen molar-refractivity contribution in [3.05, 3.63) is 29.8 Å². The van der Waals surface area contributed by atoms with E-state index in [-0.39, 0.29) is 5.54 Å². The molecule has 1 unspecified atom stereocenters. The van der Waals surface area contributed by atoms with Gasteiger partial charge < -0.3 is 9.26 Å². The molecule has 6 nitrogen and oxygen atoms in total. The van der Waals surface area contributed by atoms with Gasteiger partial charge >= 0.3 is 0 Å². The van der Waals surface area contributed by atoms with E-state index < -0.39 is 0 Å². The van der Waals surface area contributed by atoms with Gasteiger partial charge in [0.1, 0.15) is 5.69 Å². The number of likely N-dealkylation sites (tertiary alicyclic amines) is 1. The van der Waals surface area contributed by atoms with Gasteiger partial charge in [0, 0.05) is 31.5 Å². The highest BCUT2D eigenvalue weighted by Gasteiger charge is 2.44. The molecule has 23 heavy (non-hydrogen) atoms. The van der Waals surface area contributed by atoms with Gasteiger partial charge in [-0.05, 0) is 50.3 Å². The summed E-state index contributed by atoms with van der Waals surface area (Å²) in [6.45, 7) is 5.60. The number of aryl methyl sites for hydroxylation is 1. The molecule has 0 radical (unpaired) electrons. The Morgan fingerprint density at radius 1 is 1.26 bits per heavy atom. The largest absolute Gasteiger partial charge is 0.381 e. The van der Waals surface area contributed by atoms with Crippen molar-refractivity contribution in [3.63, 3.8) is 0 Å². The van der Waals surface area contributed by atoms with Crippen molar-refractivity contribution in [2.45, 2.75) is 44.7 Å². The Balaban J connectivity index is 1.47. The van der Waals surface area contributed by atoms with Crippen LogP contribution in [0.25, 0.3) is 11.5 Å². The highest BCUT2D eigenvalue weighted by atomic mass is 16.5. The maximum absolute atomic E-state index is 5.61. The van der Waals surface area contributed by atoms with E-state index in [0.717, 1.165) is 50.4 Å². The molecule has 122 valence electrons. The summed E-state index contributed by atoms with van der Waals surface area (Å²) in [6.07, 6.45) is 6.47. The Morgan fingerprint density at radius 3 is 3.04 bits per heavy atom. The summed E-state index contributed by atoms with van der Waals surface area (Å²) in [7, 11) is 0. The first kappa shape index (κ1) is 14.8. The van der Waals surface area contributed by atoms with Gasteiger partial charge in [0.05, 0.1) is 6.54 Å². The number of hydrogen-bond acceptors (Lipinski definition) is 6. The number of ether oxygens (including phenoxy) is 1. The van der Waals surface area contributed by atoms with Crippen LogP contribution in [-0.4, -0.2) is 45.3 Å². The third-order valence-corrected chi connectivity index (χ3v) is 5.10. The van der Waals surface area contributed by atoms with Crippen LogP contribution in [0.5, 0.6) is 0 Å². The quantitative estimate of drug-likeness (QED) is 0.867. The lowest BCUT2D eigenvalue weighted by Gasteiger charge is -2.52. The average Bonchev–Trinajstić information content (AvgIpc) is 2.86. The monoisotopic (exact) mass is 314 g/mol. The predicted molar refractivity (Wildman–Crippen MR) is 84.7 cm³/mol. The second kappa shape index (κ2) is 6.02. The van der Waals surface area contributed by atoms with Crippen molar-refractivity contribution >= 4 is 0 Å². The molecule has 2 aliphatic rings. The summed E-state index contributed by atoms with van der Waals surface area (Å²) in [4.78, 5) is 11.3. The smallest absolute Gasteiger partial charge is 0.241 e. The van der Waals surface area contributed by atoms with E-state index in [1.165, 1.54) is 12.8 Å². The van der Waals surface area contributed by atoms with Crippen LogP contribution in [0, 0.1) is 6.92 Å². The molecule has 0 amide bonds. The standard InChI is InChI=1S/C17H22N4O2/c1-13-3-7-18-14(11-13)16-19-15(23-20-16)12-21-8-5-17(21)4-2-9-22-10-6-17/h3,7,11H,2,4-6,8-10,12H2,1H3. The molecule has 1 spiro atoms. The molecule has 1 atom stereocenters. The molecule has 0 aliphatic carbocycles. The highest BCUT2D eigenvalue weighted by Crippen LogP contribution is 2.40. The van der Waals surface area contributed by atoms with Crippen LogP contribution in [0.2, 0.25) is 0 Å². The fourth-order valence-electron chi connectivity index (χ4n) is 3.64. The Labute approximate surface area is 135 Å². The maximum atomic E-state index is 5.61. The first-order chi connectivity index (χ1) is 11.3. The number of aromatic nitrogens is 3. The molecule has 2 aromatic rings.